The lowest BCUT2D eigenvalue weighted by Crippen LogP contribution is -2.49. The molecule has 1 amide bonds. The van der Waals surface area contributed by atoms with Crippen molar-refractivity contribution in [2.75, 3.05) is 45.3 Å². The first-order chi connectivity index (χ1) is 10.1. The monoisotopic (exact) mass is 292 g/mol. The molecule has 0 aromatic heterocycles. The number of piperazine rings is 1. The predicted molar refractivity (Wildman–Crippen MR) is 78.4 cm³/mol. The number of rotatable bonds is 4. The third kappa shape index (κ3) is 3.87. The molecule has 0 N–H and O–H groups in total. The van der Waals surface area contributed by atoms with E-state index < -0.39 is 5.97 Å². The summed E-state index contributed by atoms with van der Waals surface area (Å²) in [6, 6.07) is 7.85. The Hall–Kier alpha value is -2.24. The van der Waals surface area contributed by atoms with Crippen molar-refractivity contribution in [3.05, 3.63) is 24.3 Å². The van der Waals surface area contributed by atoms with Crippen LogP contribution in [-0.2, 0) is 14.3 Å². The molecule has 0 saturated carbocycles. The number of anilines is 1. The van der Waals surface area contributed by atoms with E-state index in [4.69, 9.17) is 4.74 Å². The molecule has 0 bridgehead atoms. The van der Waals surface area contributed by atoms with Crippen LogP contribution in [0.25, 0.3) is 0 Å². The van der Waals surface area contributed by atoms with Gasteiger partial charge in [0.1, 0.15) is 12.2 Å². The number of hydrogen-bond donors (Lipinski definition) is 0. The zero-order chi connectivity index (χ0) is 15.2. The fourth-order valence-corrected chi connectivity index (χ4v) is 2.31. The standard InChI is InChI=1S/C15H20N2O4/c1-20-13-5-3-12(4-6-13)16-7-9-17(10-8-16)14(18)11-15(19)21-2/h3-6H,7-11H2,1-2H3. The van der Waals surface area contributed by atoms with Gasteiger partial charge in [-0.05, 0) is 24.3 Å². The maximum absolute atomic E-state index is 11.9. The van der Waals surface area contributed by atoms with Crippen molar-refractivity contribution in [1.82, 2.24) is 4.90 Å². The lowest BCUT2D eigenvalue weighted by atomic mass is 10.2. The van der Waals surface area contributed by atoms with Gasteiger partial charge in [0.2, 0.25) is 5.91 Å². The van der Waals surface area contributed by atoms with Crippen LogP contribution in [0, 0.1) is 0 Å². The first kappa shape index (κ1) is 15.2. The van der Waals surface area contributed by atoms with Gasteiger partial charge in [0.25, 0.3) is 0 Å². The lowest BCUT2D eigenvalue weighted by molar-refractivity contribution is -0.146. The number of hydrogen-bond acceptors (Lipinski definition) is 5. The molecule has 1 aliphatic heterocycles. The fourth-order valence-electron chi connectivity index (χ4n) is 2.31. The third-order valence-corrected chi connectivity index (χ3v) is 3.59. The van der Waals surface area contributed by atoms with E-state index in [0.29, 0.717) is 13.1 Å². The molecule has 0 radical (unpaired) electrons. The second-order valence-corrected chi connectivity index (χ2v) is 4.82. The Morgan fingerprint density at radius 2 is 1.67 bits per heavy atom. The number of esters is 1. The first-order valence-corrected chi connectivity index (χ1v) is 6.87. The molecule has 21 heavy (non-hydrogen) atoms. The second-order valence-electron chi connectivity index (χ2n) is 4.82. The van der Waals surface area contributed by atoms with Gasteiger partial charge in [-0.15, -0.1) is 0 Å². The van der Waals surface area contributed by atoms with Crippen molar-refractivity contribution < 1.29 is 19.1 Å². The average molecular weight is 292 g/mol. The largest absolute Gasteiger partial charge is 0.497 e. The zero-order valence-electron chi connectivity index (χ0n) is 12.4. The highest BCUT2D eigenvalue weighted by atomic mass is 16.5. The van der Waals surface area contributed by atoms with Crippen LogP contribution in [0.1, 0.15) is 6.42 Å². The van der Waals surface area contributed by atoms with Gasteiger partial charge in [-0.1, -0.05) is 0 Å². The fraction of sp³-hybridized carbons (Fsp3) is 0.467. The molecule has 2 rings (SSSR count). The summed E-state index contributed by atoms with van der Waals surface area (Å²) in [5, 5.41) is 0. The van der Waals surface area contributed by atoms with Gasteiger partial charge in [0, 0.05) is 31.9 Å². The Morgan fingerprint density at radius 3 is 2.19 bits per heavy atom. The summed E-state index contributed by atoms with van der Waals surface area (Å²) in [6.07, 6.45) is -0.182. The van der Waals surface area contributed by atoms with Crippen molar-refractivity contribution >= 4 is 17.6 Å². The summed E-state index contributed by atoms with van der Waals surface area (Å²) >= 11 is 0. The minimum Gasteiger partial charge on any atom is -0.497 e. The Morgan fingerprint density at radius 1 is 1.05 bits per heavy atom. The summed E-state index contributed by atoms with van der Waals surface area (Å²) in [5.41, 5.74) is 1.11. The first-order valence-electron chi connectivity index (χ1n) is 6.87. The number of carbonyl (C=O) groups is 2. The third-order valence-electron chi connectivity index (χ3n) is 3.59. The average Bonchev–Trinajstić information content (AvgIpc) is 2.55. The maximum Gasteiger partial charge on any atom is 0.315 e. The van der Waals surface area contributed by atoms with E-state index in [0.717, 1.165) is 24.5 Å². The summed E-state index contributed by atoms with van der Waals surface area (Å²) in [6.45, 7) is 2.72. The Bertz CT molecular complexity index is 493. The van der Waals surface area contributed by atoms with Crippen LogP contribution in [0.15, 0.2) is 24.3 Å². The van der Waals surface area contributed by atoms with Gasteiger partial charge >= 0.3 is 5.97 Å². The molecular weight excluding hydrogens is 272 g/mol. The van der Waals surface area contributed by atoms with Gasteiger partial charge in [-0.2, -0.15) is 0 Å². The highest BCUT2D eigenvalue weighted by Crippen LogP contribution is 2.20. The molecule has 0 spiro atoms. The molecule has 1 saturated heterocycles. The molecule has 0 unspecified atom stereocenters. The molecule has 6 heteroatoms. The quantitative estimate of drug-likeness (QED) is 0.610. The van der Waals surface area contributed by atoms with E-state index >= 15 is 0 Å². The van der Waals surface area contributed by atoms with Crippen molar-refractivity contribution in [3.63, 3.8) is 0 Å². The predicted octanol–water partition coefficient (Wildman–Crippen LogP) is 0.907. The Balaban J connectivity index is 1.87. The number of carbonyl (C=O) groups excluding carboxylic acids is 2. The topological polar surface area (TPSA) is 59.1 Å². The number of benzene rings is 1. The van der Waals surface area contributed by atoms with E-state index in [1.165, 1.54) is 7.11 Å². The van der Waals surface area contributed by atoms with Crippen molar-refractivity contribution in [1.29, 1.82) is 0 Å². The van der Waals surface area contributed by atoms with Gasteiger partial charge in [-0.25, -0.2) is 0 Å². The summed E-state index contributed by atoms with van der Waals surface area (Å²) in [7, 11) is 2.93. The van der Waals surface area contributed by atoms with Gasteiger partial charge in [0.05, 0.1) is 14.2 Å². The van der Waals surface area contributed by atoms with Crippen LogP contribution < -0.4 is 9.64 Å². The molecule has 1 aromatic rings. The van der Waals surface area contributed by atoms with Crippen LogP contribution >= 0.6 is 0 Å². The smallest absolute Gasteiger partial charge is 0.315 e. The van der Waals surface area contributed by atoms with E-state index in [9.17, 15) is 9.59 Å². The van der Waals surface area contributed by atoms with Crippen molar-refractivity contribution in [2.24, 2.45) is 0 Å². The molecule has 6 nitrogen and oxygen atoms in total. The highest BCUT2D eigenvalue weighted by molar-refractivity contribution is 5.94. The number of methoxy groups -OCH3 is 2. The lowest BCUT2D eigenvalue weighted by Gasteiger charge is -2.36. The Kier molecular flexibility index (Phi) is 5.03. The van der Waals surface area contributed by atoms with E-state index in [1.807, 2.05) is 24.3 Å². The van der Waals surface area contributed by atoms with Gasteiger partial charge in [-0.3, -0.25) is 9.59 Å². The molecule has 114 valence electrons. The molecule has 1 aliphatic rings. The SMILES string of the molecule is COC(=O)CC(=O)N1CCN(c2ccc(OC)cc2)CC1. The molecular formula is C15H20N2O4. The second kappa shape index (κ2) is 6.97. The van der Waals surface area contributed by atoms with Crippen LogP contribution in [0.4, 0.5) is 5.69 Å². The molecule has 1 aromatic carbocycles. The summed E-state index contributed by atoms with van der Waals surface area (Å²) in [5.74, 6) is 0.166. The molecule has 1 heterocycles. The molecule has 0 atom stereocenters. The molecule has 1 fully saturated rings. The number of amides is 1. The van der Waals surface area contributed by atoms with E-state index in [2.05, 4.69) is 9.64 Å². The summed E-state index contributed by atoms with van der Waals surface area (Å²) in [4.78, 5) is 26.9. The Labute approximate surface area is 124 Å². The molecule has 0 aliphatic carbocycles. The van der Waals surface area contributed by atoms with Gasteiger partial charge < -0.3 is 19.3 Å². The van der Waals surface area contributed by atoms with Crippen LogP contribution in [0.3, 0.4) is 0 Å². The van der Waals surface area contributed by atoms with Gasteiger partial charge in [0.15, 0.2) is 0 Å². The van der Waals surface area contributed by atoms with E-state index in [-0.39, 0.29) is 12.3 Å². The maximum atomic E-state index is 11.9. The van der Waals surface area contributed by atoms with Crippen LogP contribution in [0.2, 0.25) is 0 Å². The minimum atomic E-state index is -0.488. The zero-order valence-corrected chi connectivity index (χ0v) is 12.4. The summed E-state index contributed by atoms with van der Waals surface area (Å²) < 4.78 is 9.65. The minimum absolute atomic E-state index is 0.170. The normalized spacial score (nSPS) is 14.8. The number of nitrogens with zero attached hydrogens (tertiary/aromatic N) is 2. The number of ether oxygens (including phenoxy) is 2. The highest BCUT2D eigenvalue weighted by Gasteiger charge is 2.23. The van der Waals surface area contributed by atoms with Crippen molar-refractivity contribution in [2.45, 2.75) is 6.42 Å². The van der Waals surface area contributed by atoms with Crippen LogP contribution in [0.5, 0.6) is 5.75 Å². The van der Waals surface area contributed by atoms with E-state index in [1.54, 1.807) is 12.0 Å². The van der Waals surface area contributed by atoms with Crippen LogP contribution in [-0.4, -0.2) is 57.2 Å². The van der Waals surface area contributed by atoms with Crippen molar-refractivity contribution in [3.8, 4) is 5.75 Å².